The summed E-state index contributed by atoms with van der Waals surface area (Å²) in [6.07, 6.45) is 4.25. The fraction of sp³-hybridized carbons (Fsp3) is 0.533. The van der Waals surface area contributed by atoms with Crippen molar-refractivity contribution in [2.45, 2.75) is 83.5 Å². The number of benzene rings is 2. The quantitative estimate of drug-likeness (QED) is 0.389. The summed E-state index contributed by atoms with van der Waals surface area (Å²) in [5.41, 5.74) is 1.45. The molecule has 2 aromatic rings. The lowest BCUT2D eigenvalue weighted by atomic mass is 9.65. The molecule has 0 saturated carbocycles. The monoisotopic (exact) mass is 543 g/mol. The topological polar surface area (TPSA) is 70.2 Å². The molecule has 2 aromatic carbocycles. The van der Waals surface area contributed by atoms with E-state index in [1.54, 1.807) is 24.3 Å². The van der Waals surface area contributed by atoms with Crippen LogP contribution in [-0.4, -0.2) is 36.0 Å². The highest BCUT2D eigenvalue weighted by atomic mass is 35.5. The Labute approximate surface area is 231 Å². The van der Waals surface area contributed by atoms with Crippen LogP contribution in [0.3, 0.4) is 0 Å². The van der Waals surface area contributed by atoms with E-state index < -0.39 is 6.04 Å². The van der Waals surface area contributed by atoms with Crippen LogP contribution in [0.5, 0.6) is 0 Å². The number of carbonyl (C=O) groups is 2. The maximum absolute atomic E-state index is 13.8. The minimum Gasteiger partial charge on any atom is -0.351 e. The molecule has 2 heterocycles. The molecular weight excluding hydrogens is 505 g/mol. The van der Waals surface area contributed by atoms with Crippen molar-refractivity contribution in [3.05, 3.63) is 69.7 Å². The molecule has 0 aliphatic carbocycles. The van der Waals surface area contributed by atoms with Gasteiger partial charge < -0.3 is 16.0 Å². The van der Waals surface area contributed by atoms with Crippen molar-refractivity contribution in [2.24, 2.45) is 17.8 Å². The van der Waals surface area contributed by atoms with E-state index in [0.717, 1.165) is 31.2 Å². The van der Waals surface area contributed by atoms with E-state index in [9.17, 15) is 9.59 Å². The summed E-state index contributed by atoms with van der Waals surface area (Å²) in [5.74, 6) is 0.225. The van der Waals surface area contributed by atoms with E-state index in [4.69, 9.17) is 23.2 Å². The average molecular weight is 545 g/mol. The van der Waals surface area contributed by atoms with Gasteiger partial charge in [0.05, 0.1) is 0 Å². The molecular formula is C30H39Cl2N3O2. The molecule has 3 N–H and O–H groups in total. The number of amides is 2. The summed E-state index contributed by atoms with van der Waals surface area (Å²) in [5, 5.41) is 11.6. The highest BCUT2D eigenvalue weighted by Gasteiger charge is 2.53. The van der Waals surface area contributed by atoms with E-state index in [1.807, 2.05) is 24.3 Å². The molecule has 2 fully saturated rings. The van der Waals surface area contributed by atoms with Crippen LogP contribution in [0.1, 0.15) is 75.2 Å². The average Bonchev–Trinajstić information content (AvgIpc) is 2.98. The third-order valence-electron chi connectivity index (χ3n) is 8.52. The molecule has 2 aliphatic heterocycles. The van der Waals surface area contributed by atoms with Gasteiger partial charge in [0.15, 0.2) is 0 Å². The number of piperidine rings is 1. The van der Waals surface area contributed by atoms with E-state index in [0.29, 0.717) is 33.5 Å². The lowest BCUT2D eigenvalue weighted by Gasteiger charge is -2.48. The molecule has 0 spiro atoms. The molecule has 2 aliphatic rings. The number of hydrogen-bond acceptors (Lipinski definition) is 3. The molecule has 2 saturated heterocycles. The number of halogens is 2. The van der Waals surface area contributed by atoms with Crippen LogP contribution < -0.4 is 16.0 Å². The summed E-state index contributed by atoms with van der Waals surface area (Å²) in [6.45, 7) is 8.95. The second-order valence-corrected chi connectivity index (χ2v) is 11.5. The first kappa shape index (κ1) is 27.9. The lowest BCUT2D eigenvalue weighted by molar-refractivity contribution is -0.129. The van der Waals surface area contributed by atoms with E-state index >= 15 is 0 Å². The van der Waals surface area contributed by atoms with Crippen LogP contribution in [0, 0.1) is 17.8 Å². The van der Waals surface area contributed by atoms with E-state index in [2.05, 4.69) is 43.6 Å². The molecule has 0 radical (unpaired) electrons. The summed E-state index contributed by atoms with van der Waals surface area (Å²) >= 11 is 12.5. The van der Waals surface area contributed by atoms with Crippen molar-refractivity contribution >= 4 is 35.0 Å². The Hall–Kier alpha value is -2.08. The Morgan fingerprint density at radius 2 is 1.70 bits per heavy atom. The highest BCUT2D eigenvalue weighted by molar-refractivity contribution is 6.31. The number of nitrogens with one attached hydrogen (secondary N) is 3. The van der Waals surface area contributed by atoms with E-state index in [1.165, 1.54) is 0 Å². The minimum absolute atomic E-state index is 0.000709. The van der Waals surface area contributed by atoms with Crippen molar-refractivity contribution in [1.82, 2.24) is 16.0 Å². The molecule has 200 valence electrons. The Kier molecular flexibility index (Phi) is 9.20. The smallest absolute Gasteiger partial charge is 0.251 e. The standard InChI is InChI=1S/C30H39Cl2N3O2/c1-5-9-23-22(6-2)27-25(17(4)33-24(23)7-3)26(19-10-8-11-21(32)16-19)28(30(37)34-27)35-29(36)18-12-14-20(31)15-13-18/h8,10-17,22-28,33H,5-7,9H2,1-4H3,(H,34,37)(H,35,36)/t17?,22?,23?,24?,25?,26-,27?,28+/m1/s1. The van der Waals surface area contributed by atoms with E-state index in [-0.39, 0.29) is 35.7 Å². The molecule has 37 heavy (non-hydrogen) atoms. The van der Waals surface area contributed by atoms with Crippen LogP contribution in [0.4, 0.5) is 0 Å². The summed E-state index contributed by atoms with van der Waals surface area (Å²) in [7, 11) is 0. The van der Waals surface area contributed by atoms with Gasteiger partial charge in [-0.25, -0.2) is 0 Å². The van der Waals surface area contributed by atoms with Gasteiger partial charge in [-0.15, -0.1) is 0 Å². The van der Waals surface area contributed by atoms with Crippen LogP contribution in [0.2, 0.25) is 10.0 Å². The third-order valence-corrected chi connectivity index (χ3v) is 9.01. The van der Waals surface area contributed by atoms with Crippen molar-refractivity contribution in [3.8, 4) is 0 Å². The maximum Gasteiger partial charge on any atom is 0.251 e. The molecule has 8 atom stereocenters. The molecule has 0 bridgehead atoms. The SMILES string of the molecule is CCCC1C(CC)NC(C)C2C(NC(=O)[C@@H](NC(=O)c3ccc(Cl)cc3)[C@@H]2c2cccc(Cl)c2)C1CC. The summed E-state index contributed by atoms with van der Waals surface area (Å²) in [6, 6.07) is 14.3. The first-order chi connectivity index (χ1) is 17.8. The largest absolute Gasteiger partial charge is 0.351 e. The van der Waals surface area contributed by atoms with Gasteiger partial charge >= 0.3 is 0 Å². The van der Waals surface area contributed by atoms with Gasteiger partial charge in [-0.1, -0.05) is 68.9 Å². The normalized spacial score (nSPS) is 31.7. The number of hydrogen-bond donors (Lipinski definition) is 3. The second kappa shape index (κ2) is 12.2. The Bertz CT molecular complexity index is 1090. The molecule has 4 rings (SSSR count). The second-order valence-electron chi connectivity index (χ2n) is 10.6. The molecule has 0 aromatic heterocycles. The summed E-state index contributed by atoms with van der Waals surface area (Å²) < 4.78 is 0. The number of rotatable bonds is 7. The predicted octanol–water partition coefficient (Wildman–Crippen LogP) is 6.20. The van der Waals surface area contributed by atoms with Gasteiger partial charge in [-0.2, -0.15) is 0 Å². The lowest BCUT2D eigenvalue weighted by Crippen LogP contribution is -2.65. The van der Waals surface area contributed by atoms with Gasteiger partial charge in [0.1, 0.15) is 6.04 Å². The Morgan fingerprint density at radius 3 is 2.32 bits per heavy atom. The molecule has 7 heteroatoms. The van der Waals surface area contributed by atoms with Gasteiger partial charge in [0.2, 0.25) is 5.91 Å². The van der Waals surface area contributed by atoms with Crippen LogP contribution in [0.25, 0.3) is 0 Å². The van der Waals surface area contributed by atoms with Crippen molar-refractivity contribution in [3.63, 3.8) is 0 Å². The number of carbonyl (C=O) groups excluding carboxylic acids is 2. The highest BCUT2D eigenvalue weighted by Crippen LogP contribution is 2.45. The number of fused-ring (bicyclic) bond motifs is 1. The fourth-order valence-electron chi connectivity index (χ4n) is 6.95. The first-order valence-corrected chi connectivity index (χ1v) is 14.4. The predicted molar refractivity (Wildman–Crippen MR) is 151 cm³/mol. The van der Waals surface area contributed by atoms with Gasteiger partial charge in [-0.3, -0.25) is 9.59 Å². The summed E-state index contributed by atoms with van der Waals surface area (Å²) in [4.78, 5) is 27.1. The van der Waals surface area contributed by atoms with Crippen molar-refractivity contribution < 1.29 is 9.59 Å². The van der Waals surface area contributed by atoms with Crippen molar-refractivity contribution in [1.29, 1.82) is 0 Å². The Morgan fingerprint density at radius 1 is 0.973 bits per heavy atom. The minimum atomic E-state index is -0.729. The maximum atomic E-state index is 13.8. The zero-order valence-electron chi connectivity index (χ0n) is 22.1. The van der Waals surface area contributed by atoms with Gasteiger partial charge in [0, 0.05) is 45.6 Å². The molecule has 5 nitrogen and oxygen atoms in total. The van der Waals surface area contributed by atoms with Crippen LogP contribution in [0.15, 0.2) is 48.5 Å². The fourth-order valence-corrected chi connectivity index (χ4v) is 7.27. The molecule has 2 amide bonds. The molecule has 6 unspecified atom stereocenters. The zero-order chi connectivity index (χ0) is 26.7. The van der Waals surface area contributed by atoms with Gasteiger partial charge in [0.25, 0.3) is 5.91 Å². The van der Waals surface area contributed by atoms with Gasteiger partial charge in [-0.05, 0) is 73.6 Å². The zero-order valence-corrected chi connectivity index (χ0v) is 23.7. The van der Waals surface area contributed by atoms with Crippen LogP contribution in [-0.2, 0) is 4.79 Å². The van der Waals surface area contributed by atoms with Crippen LogP contribution >= 0.6 is 23.2 Å². The first-order valence-electron chi connectivity index (χ1n) is 13.7. The third kappa shape index (κ3) is 5.84. The Balaban J connectivity index is 1.78. The van der Waals surface area contributed by atoms with Crippen molar-refractivity contribution in [2.75, 3.05) is 0 Å².